The van der Waals surface area contributed by atoms with Crippen LogP contribution in [-0.4, -0.2) is 69.9 Å². The molecule has 1 aromatic carbocycles. The summed E-state index contributed by atoms with van der Waals surface area (Å²) in [4.78, 5) is 31.8. The quantitative estimate of drug-likeness (QED) is 0.558. The number of rotatable bonds is 8. The fourth-order valence-corrected chi connectivity index (χ4v) is 4.49. The Morgan fingerprint density at radius 3 is 2.47 bits per heavy atom. The fraction of sp³-hybridized carbons (Fsp3) is 0.385. The number of nitrogens with one attached hydrogen (secondary N) is 1. The van der Waals surface area contributed by atoms with Gasteiger partial charge in [-0.05, 0) is 50.1 Å². The van der Waals surface area contributed by atoms with Crippen LogP contribution in [0.4, 0.5) is 5.82 Å². The first-order valence-electron chi connectivity index (χ1n) is 11.9. The molecule has 1 saturated heterocycles. The van der Waals surface area contributed by atoms with Crippen LogP contribution in [0.5, 0.6) is 0 Å². The van der Waals surface area contributed by atoms with Crippen LogP contribution in [0.15, 0.2) is 55.0 Å². The zero-order chi connectivity index (χ0) is 23.9. The molecule has 1 amide bonds. The summed E-state index contributed by atoms with van der Waals surface area (Å²) in [6.45, 7) is 8.72. The van der Waals surface area contributed by atoms with Crippen molar-refractivity contribution in [1.29, 1.82) is 5.26 Å². The Morgan fingerprint density at radius 1 is 1.12 bits per heavy atom. The number of nitriles is 1. The molecule has 1 aliphatic heterocycles. The molecule has 8 nitrogen and oxygen atoms in total. The highest BCUT2D eigenvalue weighted by Crippen LogP contribution is 2.25. The minimum atomic E-state index is -0.0150. The van der Waals surface area contributed by atoms with Gasteiger partial charge in [-0.2, -0.15) is 5.26 Å². The summed E-state index contributed by atoms with van der Waals surface area (Å²) in [5.41, 5.74) is 3.38. The van der Waals surface area contributed by atoms with Crippen LogP contribution in [0.25, 0.3) is 0 Å². The van der Waals surface area contributed by atoms with E-state index in [0.717, 1.165) is 49.7 Å². The number of aromatic nitrogens is 3. The van der Waals surface area contributed by atoms with Crippen LogP contribution in [0.3, 0.4) is 0 Å². The fourth-order valence-electron chi connectivity index (χ4n) is 4.49. The Morgan fingerprint density at radius 2 is 1.85 bits per heavy atom. The van der Waals surface area contributed by atoms with E-state index in [1.165, 1.54) is 0 Å². The smallest absolute Gasteiger partial charge is 0.272 e. The number of piperazine rings is 1. The van der Waals surface area contributed by atoms with Crippen molar-refractivity contribution in [1.82, 2.24) is 24.8 Å². The van der Waals surface area contributed by atoms with E-state index in [1.807, 2.05) is 47.5 Å². The molecule has 3 heterocycles. The number of H-pyrrole nitrogens is 1. The maximum atomic E-state index is 13.2. The first-order chi connectivity index (χ1) is 16.6. The number of amides is 1. The summed E-state index contributed by atoms with van der Waals surface area (Å²) in [5, 5.41) is 9.07. The summed E-state index contributed by atoms with van der Waals surface area (Å²) < 4.78 is 0. The molecule has 2 aromatic heterocycles. The lowest BCUT2D eigenvalue weighted by atomic mass is 10.0. The van der Waals surface area contributed by atoms with Gasteiger partial charge < -0.3 is 14.8 Å². The Kier molecular flexibility index (Phi) is 7.55. The van der Waals surface area contributed by atoms with E-state index in [-0.39, 0.29) is 11.9 Å². The summed E-state index contributed by atoms with van der Waals surface area (Å²) in [5.74, 6) is 0.829. The van der Waals surface area contributed by atoms with Crippen molar-refractivity contribution < 1.29 is 4.79 Å². The Bertz CT molecular complexity index is 1110. The Hall–Kier alpha value is -3.70. The standard InChI is InChI=1S/C26H31N7O/c1-3-31(4-2)25-7-5-6-22(30-25)26(34)33-14-12-32(13-15-33)24(23-18-28-19-29-23)16-20-8-10-21(17-27)11-9-20/h5-11,18-19,24H,3-4,12-16H2,1-2H3,(H,28,29). The van der Waals surface area contributed by atoms with Crippen molar-refractivity contribution in [2.45, 2.75) is 26.3 Å². The highest BCUT2D eigenvalue weighted by Gasteiger charge is 2.29. The maximum Gasteiger partial charge on any atom is 0.272 e. The number of nitrogens with zero attached hydrogens (tertiary/aromatic N) is 6. The lowest BCUT2D eigenvalue weighted by molar-refractivity contribution is 0.0557. The molecule has 1 aliphatic rings. The summed E-state index contributed by atoms with van der Waals surface area (Å²) in [7, 11) is 0. The van der Waals surface area contributed by atoms with Crippen LogP contribution in [0.2, 0.25) is 0 Å². The number of hydrogen-bond donors (Lipinski definition) is 1. The predicted molar refractivity (Wildman–Crippen MR) is 131 cm³/mol. The van der Waals surface area contributed by atoms with Gasteiger partial charge in [0.1, 0.15) is 11.5 Å². The molecule has 4 rings (SSSR count). The molecule has 0 aliphatic carbocycles. The molecule has 1 N–H and O–H groups in total. The largest absolute Gasteiger partial charge is 0.357 e. The third kappa shape index (κ3) is 5.26. The van der Waals surface area contributed by atoms with Gasteiger partial charge in [-0.25, -0.2) is 9.97 Å². The summed E-state index contributed by atoms with van der Waals surface area (Å²) in [6.07, 6.45) is 4.37. The van der Waals surface area contributed by atoms with Gasteiger partial charge in [0.2, 0.25) is 0 Å². The second-order valence-electron chi connectivity index (χ2n) is 8.42. The Labute approximate surface area is 200 Å². The minimum absolute atomic E-state index is 0.0150. The van der Waals surface area contributed by atoms with Crippen molar-refractivity contribution in [3.8, 4) is 6.07 Å². The predicted octanol–water partition coefficient (Wildman–Crippen LogP) is 3.26. The number of carbonyl (C=O) groups excluding carboxylic acids is 1. The van der Waals surface area contributed by atoms with Crippen LogP contribution in [-0.2, 0) is 6.42 Å². The first kappa shape index (κ1) is 23.5. The zero-order valence-electron chi connectivity index (χ0n) is 19.8. The van der Waals surface area contributed by atoms with E-state index in [4.69, 9.17) is 5.26 Å². The number of carbonyl (C=O) groups is 1. The van der Waals surface area contributed by atoms with Crippen LogP contribution < -0.4 is 4.90 Å². The van der Waals surface area contributed by atoms with E-state index in [9.17, 15) is 4.79 Å². The zero-order valence-corrected chi connectivity index (χ0v) is 19.8. The Balaban J connectivity index is 1.44. The van der Waals surface area contributed by atoms with Crippen LogP contribution in [0, 0.1) is 11.3 Å². The molecule has 1 unspecified atom stereocenters. The van der Waals surface area contributed by atoms with E-state index >= 15 is 0 Å². The molecular formula is C26H31N7O. The van der Waals surface area contributed by atoms with Gasteiger partial charge in [-0.3, -0.25) is 9.69 Å². The highest BCUT2D eigenvalue weighted by molar-refractivity contribution is 5.92. The normalized spacial score (nSPS) is 15.0. The lowest BCUT2D eigenvalue weighted by Crippen LogP contribution is -2.50. The third-order valence-electron chi connectivity index (χ3n) is 6.47. The molecule has 0 saturated carbocycles. The van der Waals surface area contributed by atoms with Gasteiger partial charge in [0, 0.05) is 45.5 Å². The summed E-state index contributed by atoms with van der Waals surface area (Å²) >= 11 is 0. The molecule has 0 radical (unpaired) electrons. The number of benzene rings is 1. The third-order valence-corrected chi connectivity index (χ3v) is 6.47. The molecule has 3 aromatic rings. The highest BCUT2D eigenvalue weighted by atomic mass is 16.2. The number of imidazole rings is 1. The molecule has 34 heavy (non-hydrogen) atoms. The summed E-state index contributed by atoms with van der Waals surface area (Å²) in [6, 6.07) is 15.7. The molecule has 8 heteroatoms. The number of pyridine rings is 1. The molecule has 176 valence electrons. The van der Waals surface area contributed by atoms with Gasteiger partial charge >= 0.3 is 0 Å². The van der Waals surface area contributed by atoms with E-state index in [1.54, 1.807) is 12.4 Å². The first-order valence-corrected chi connectivity index (χ1v) is 11.9. The molecule has 1 fully saturated rings. The number of anilines is 1. The average Bonchev–Trinajstić information content (AvgIpc) is 3.43. The lowest BCUT2D eigenvalue weighted by Gasteiger charge is -2.39. The SMILES string of the molecule is CCN(CC)c1cccc(C(=O)N2CCN(C(Cc3ccc(C#N)cc3)c3cnc[nH]3)CC2)n1. The topological polar surface area (TPSA) is 92.2 Å². The molecule has 1 atom stereocenters. The van der Waals surface area contributed by atoms with Crippen molar-refractivity contribution in [2.75, 3.05) is 44.2 Å². The number of hydrogen-bond acceptors (Lipinski definition) is 6. The second-order valence-corrected chi connectivity index (χ2v) is 8.42. The monoisotopic (exact) mass is 457 g/mol. The molecule has 0 bridgehead atoms. The number of aromatic amines is 1. The van der Waals surface area contributed by atoms with Gasteiger partial charge in [0.05, 0.1) is 29.7 Å². The maximum absolute atomic E-state index is 13.2. The van der Waals surface area contributed by atoms with Crippen molar-refractivity contribution >= 4 is 11.7 Å². The van der Waals surface area contributed by atoms with Gasteiger partial charge in [0.15, 0.2) is 0 Å². The van der Waals surface area contributed by atoms with Crippen molar-refractivity contribution in [3.63, 3.8) is 0 Å². The van der Waals surface area contributed by atoms with Gasteiger partial charge in [0.25, 0.3) is 5.91 Å². The van der Waals surface area contributed by atoms with E-state index in [2.05, 4.69) is 44.7 Å². The molecular weight excluding hydrogens is 426 g/mol. The van der Waals surface area contributed by atoms with Crippen molar-refractivity contribution in [3.05, 3.63) is 77.5 Å². The second kappa shape index (κ2) is 10.9. The van der Waals surface area contributed by atoms with Crippen LogP contribution in [0.1, 0.15) is 47.2 Å². The van der Waals surface area contributed by atoms with E-state index in [0.29, 0.717) is 24.3 Å². The minimum Gasteiger partial charge on any atom is -0.357 e. The van der Waals surface area contributed by atoms with Gasteiger partial charge in [-0.15, -0.1) is 0 Å². The van der Waals surface area contributed by atoms with Gasteiger partial charge in [-0.1, -0.05) is 18.2 Å². The van der Waals surface area contributed by atoms with E-state index < -0.39 is 0 Å². The van der Waals surface area contributed by atoms with Crippen LogP contribution >= 0.6 is 0 Å². The average molecular weight is 458 g/mol. The molecule has 0 spiro atoms. The van der Waals surface area contributed by atoms with Crippen molar-refractivity contribution in [2.24, 2.45) is 0 Å².